The molecule has 1 amide bonds. The van der Waals surface area contributed by atoms with E-state index in [2.05, 4.69) is 10.0 Å². The molecule has 0 aliphatic rings. The van der Waals surface area contributed by atoms with E-state index in [1.807, 2.05) is 13.0 Å². The molecule has 25 heavy (non-hydrogen) atoms. The summed E-state index contributed by atoms with van der Waals surface area (Å²) in [6.45, 7) is 3.69. The lowest BCUT2D eigenvalue weighted by atomic mass is 10.2. The zero-order chi connectivity index (χ0) is 18.4. The number of anilines is 1. The normalized spacial score (nSPS) is 12.4. The van der Waals surface area contributed by atoms with E-state index < -0.39 is 10.0 Å². The SMILES string of the molecule is CC[C@H](C)NS(=O)(=O)c1ccc(OC)c(NC(=O)c2ccccc2)c1. The van der Waals surface area contributed by atoms with Crippen molar-refractivity contribution in [2.24, 2.45) is 0 Å². The largest absolute Gasteiger partial charge is 0.495 e. The van der Waals surface area contributed by atoms with Crippen LogP contribution >= 0.6 is 0 Å². The zero-order valence-corrected chi connectivity index (χ0v) is 15.3. The summed E-state index contributed by atoms with van der Waals surface area (Å²) in [5, 5.41) is 2.70. The number of hydrogen-bond donors (Lipinski definition) is 2. The molecule has 0 radical (unpaired) electrons. The lowest BCUT2D eigenvalue weighted by Gasteiger charge is -2.15. The van der Waals surface area contributed by atoms with Crippen LogP contribution in [0.5, 0.6) is 5.75 Å². The molecular weight excluding hydrogens is 340 g/mol. The van der Waals surface area contributed by atoms with E-state index in [1.54, 1.807) is 31.2 Å². The Bertz CT molecular complexity index is 835. The molecule has 0 aliphatic carbocycles. The summed E-state index contributed by atoms with van der Waals surface area (Å²) in [5.41, 5.74) is 0.763. The molecule has 0 fully saturated rings. The van der Waals surface area contributed by atoms with Gasteiger partial charge in [-0.3, -0.25) is 4.79 Å². The van der Waals surface area contributed by atoms with Gasteiger partial charge < -0.3 is 10.1 Å². The number of methoxy groups -OCH3 is 1. The molecule has 7 heteroatoms. The Hall–Kier alpha value is -2.38. The van der Waals surface area contributed by atoms with Gasteiger partial charge in [-0.2, -0.15) is 0 Å². The molecule has 0 heterocycles. The van der Waals surface area contributed by atoms with Crippen LogP contribution in [0.4, 0.5) is 5.69 Å². The molecule has 0 aliphatic heterocycles. The first-order valence-electron chi connectivity index (χ1n) is 7.94. The van der Waals surface area contributed by atoms with Crippen LogP contribution in [0.2, 0.25) is 0 Å². The lowest BCUT2D eigenvalue weighted by molar-refractivity contribution is 0.102. The second-order valence-corrected chi connectivity index (χ2v) is 7.33. The van der Waals surface area contributed by atoms with Gasteiger partial charge in [-0.15, -0.1) is 0 Å². The predicted octanol–water partition coefficient (Wildman–Crippen LogP) is 3.02. The molecule has 0 unspecified atom stereocenters. The minimum atomic E-state index is -3.68. The van der Waals surface area contributed by atoms with Crippen molar-refractivity contribution in [1.82, 2.24) is 4.72 Å². The first kappa shape index (κ1) is 19.0. The van der Waals surface area contributed by atoms with Crippen molar-refractivity contribution < 1.29 is 17.9 Å². The second kappa shape index (κ2) is 8.13. The number of sulfonamides is 1. The van der Waals surface area contributed by atoms with Crippen molar-refractivity contribution >= 4 is 21.6 Å². The summed E-state index contributed by atoms with van der Waals surface area (Å²) < 4.78 is 32.7. The summed E-state index contributed by atoms with van der Waals surface area (Å²) in [6, 6.07) is 12.8. The molecule has 6 nitrogen and oxygen atoms in total. The molecule has 2 aromatic rings. The standard InChI is InChI=1S/C18H22N2O4S/c1-4-13(2)20-25(22,23)15-10-11-17(24-3)16(12-15)19-18(21)14-8-6-5-7-9-14/h5-13,20H,4H2,1-3H3,(H,19,21)/t13-/m0/s1. The van der Waals surface area contributed by atoms with Gasteiger partial charge >= 0.3 is 0 Å². The Morgan fingerprint density at radius 3 is 2.44 bits per heavy atom. The molecule has 0 bridgehead atoms. The summed E-state index contributed by atoms with van der Waals surface area (Å²) in [4.78, 5) is 12.4. The topological polar surface area (TPSA) is 84.5 Å². The number of carbonyl (C=O) groups excluding carboxylic acids is 1. The molecular formula is C18H22N2O4S. The third-order valence-electron chi connectivity index (χ3n) is 3.73. The average molecular weight is 362 g/mol. The van der Waals surface area contributed by atoms with Gasteiger partial charge in [0.15, 0.2) is 0 Å². The van der Waals surface area contributed by atoms with Gasteiger partial charge in [-0.25, -0.2) is 13.1 Å². The van der Waals surface area contributed by atoms with E-state index in [9.17, 15) is 13.2 Å². The van der Waals surface area contributed by atoms with Crippen LogP contribution in [0.25, 0.3) is 0 Å². The highest BCUT2D eigenvalue weighted by atomic mass is 32.2. The Labute approximate surface area is 148 Å². The highest BCUT2D eigenvalue weighted by Gasteiger charge is 2.19. The van der Waals surface area contributed by atoms with E-state index in [1.165, 1.54) is 25.3 Å². The molecule has 0 aromatic heterocycles. The minimum absolute atomic E-state index is 0.0666. The van der Waals surface area contributed by atoms with Gasteiger partial charge in [0.25, 0.3) is 5.91 Å². The first-order chi connectivity index (χ1) is 11.9. The van der Waals surface area contributed by atoms with Crippen LogP contribution < -0.4 is 14.8 Å². The maximum Gasteiger partial charge on any atom is 0.255 e. The van der Waals surface area contributed by atoms with Crippen LogP contribution in [-0.2, 0) is 10.0 Å². The smallest absolute Gasteiger partial charge is 0.255 e. The number of rotatable bonds is 7. The van der Waals surface area contributed by atoms with Crippen molar-refractivity contribution in [3.8, 4) is 5.75 Å². The monoisotopic (exact) mass is 362 g/mol. The van der Waals surface area contributed by atoms with Gasteiger partial charge in [-0.05, 0) is 43.7 Å². The van der Waals surface area contributed by atoms with E-state index in [-0.39, 0.29) is 16.8 Å². The fourth-order valence-corrected chi connectivity index (χ4v) is 3.50. The molecule has 2 rings (SSSR count). The fourth-order valence-electron chi connectivity index (χ4n) is 2.15. The highest BCUT2D eigenvalue weighted by molar-refractivity contribution is 7.89. The molecule has 1 atom stereocenters. The Morgan fingerprint density at radius 2 is 1.84 bits per heavy atom. The van der Waals surface area contributed by atoms with Crippen LogP contribution in [0, 0.1) is 0 Å². The van der Waals surface area contributed by atoms with Crippen LogP contribution in [0.15, 0.2) is 53.4 Å². The number of benzene rings is 2. The summed E-state index contributed by atoms with van der Waals surface area (Å²) in [6.07, 6.45) is 0.674. The first-order valence-corrected chi connectivity index (χ1v) is 9.42. The minimum Gasteiger partial charge on any atom is -0.495 e. The number of nitrogens with one attached hydrogen (secondary N) is 2. The molecule has 2 N–H and O–H groups in total. The third kappa shape index (κ3) is 4.80. The summed E-state index contributed by atoms with van der Waals surface area (Å²) in [7, 11) is -2.22. The summed E-state index contributed by atoms with van der Waals surface area (Å²) >= 11 is 0. The molecule has 134 valence electrons. The lowest BCUT2D eigenvalue weighted by Crippen LogP contribution is -2.32. The summed E-state index contributed by atoms with van der Waals surface area (Å²) in [5.74, 6) is 0.0371. The van der Waals surface area contributed by atoms with Gasteiger partial charge in [-0.1, -0.05) is 25.1 Å². The highest BCUT2D eigenvalue weighted by Crippen LogP contribution is 2.28. The van der Waals surface area contributed by atoms with Gasteiger partial charge in [0, 0.05) is 11.6 Å². The van der Waals surface area contributed by atoms with Crippen molar-refractivity contribution in [3.63, 3.8) is 0 Å². The van der Waals surface area contributed by atoms with Crippen LogP contribution in [0.3, 0.4) is 0 Å². The molecule has 2 aromatic carbocycles. The second-order valence-electron chi connectivity index (χ2n) is 5.61. The van der Waals surface area contributed by atoms with E-state index in [0.717, 1.165) is 0 Å². The molecule has 0 saturated heterocycles. The Morgan fingerprint density at radius 1 is 1.16 bits per heavy atom. The van der Waals surface area contributed by atoms with Gasteiger partial charge in [0.1, 0.15) is 5.75 Å². The van der Waals surface area contributed by atoms with E-state index in [0.29, 0.717) is 23.4 Å². The van der Waals surface area contributed by atoms with Crippen LogP contribution in [-0.4, -0.2) is 27.5 Å². The Balaban J connectivity index is 2.33. The predicted molar refractivity (Wildman–Crippen MR) is 97.5 cm³/mol. The van der Waals surface area contributed by atoms with Crippen molar-refractivity contribution in [2.75, 3.05) is 12.4 Å². The number of hydrogen-bond acceptors (Lipinski definition) is 4. The van der Waals surface area contributed by atoms with E-state index in [4.69, 9.17) is 4.74 Å². The average Bonchev–Trinajstić information content (AvgIpc) is 2.61. The van der Waals surface area contributed by atoms with Gasteiger partial charge in [0.2, 0.25) is 10.0 Å². The number of carbonyl (C=O) groups is 1. The third-order valence-corrected chi connectivity index (χ3v) is 5.32. The Kier molecular flexibility index (Phi) is 6.17. The fraction of sp³-hybridized carbons (Fsp3) is 0.278. The van der Waals surface area contributed by atoms with Crippen molar-refractivity contribution in [2.45, 2.75) is 31.2 Å². The van der Waals surface area contributed by atoms with Crippen LogP contribution in [0.1, 0.15) is 30.6 Å². The maximum atomic E-state index is 12.4. The van der Waals surface area contributed by atoms with Gasteiger partial charge in [0.05, 0.1) is 17.7 Å². The van der Waals surface area contributed by atoms with Crippen molar-refractivity contribution in [1.29, 1.82) is 0 Å². The number of amides is 1. The van der Waals surface area contributed by atoms with E-state index >= 15 is 0 Å². The number of ether oxygens (including phenoxy) is 1. The molecule has 0 saturated carbocycles. The zero-order valence-electron chi connectivity index (χ0n) is 14.4. The molecule has 0 spiro atoms. The maximum absolute atomic E-state index is 12.4. The van der Waals surface area contributed by atoms with Crippen molar-refractivity contribution in [3.05, 3.63) is 54.1 Å². The quantitative estimate of drug-likeness (QED) is 0.793.